The highest BCUT2D eigenvalue weighted by Gasteiger charge is 2.18. The Kier molecular flexibility index (Phi) is 7.46. The zero-order chi connectivity index (χ0) is 22.5. The maximum absolute atomic E-state index is 6.26. The van der Waals surface area contributed by atoms with Crippen molar-refractivity contribution >= 4 is 35.0 Å². The maximum atomic E-state index is 6.26. The predicted molar refractivity (Wildman–Crippen MR) is 127 cm³/mol. The van der Waals surface area contributed by atoms with Gasteiger partial charge in [0, 0.05) is 21.2 Å². The van der Waals surface area contributed by atoms with Crippen LogP contribution in [0.2, 0.25) is 10.0 Å². The van der Waals surface area contributed by atoms with Crippen LogP contribution in [0, 0.1) is 0 Å². The van der Waals surface area contributed by atoms with Crippen molar-refractivity contribution in [1.29, 1.82) is 0 Å². The topological polar surface area (TPSA) is 96.3 Å². The highest BCUT2D eigenvalue weighted by atomic mass is 35.5. The Bertz CT molecular complexity index is 1050. The fraction of sp³-hybridized carbons (Fsp3) is 0.304. The van der Waals surface area contributed by atoms with Crippen molar-refractivity contribution in [3.05, 3.63) is 52.1 Å². The van der Waals surface area contributed by atoms with Crippen molar-refractivity contribution in [2.45, 2.75) is 39.5 Å². The quantitative estimate of drug-likeness (QED) is 0.362. The Hall–Kier alpha value is -2.70. The summed E-state index contributed by atoms with van der Waals surface area (Å²) in [6.07, 6.45) is 3.45. The lowest BCUT2D eigenvalue weighted by molar-refractivity contribution is 0.309. The smallest absolute Gasteiger partial charge is 0.222 e. The summed E-state index contributed by atoms with van der Waals surface area (Å²) >= 11 is 12.5. The number of halogens is 2. The summed E-state index contributed by atoms with van der Waals surface area (Å²) in [6.45, 7) is 6.89. The van der Waals surface area contributed by atoms with Crippen LogP contribution in [-0.2, 0) is 0 Å². The van der Waals surface area contributed by atoms with Gasteiger partial charge in [-0.15, -0.1) is 0 Å². The van der Waals surface area contributed by atoms with Gasteiger partial charge < -0.3 is 20.9 Å². The third kappa shape index (κ3) is 5.71. The first-order chi connectivity index (χ1) is 14.8. The van der Waals surface area contributed by atoms with Gasteiger partial charge in [0.1, 0.15) is 11.5 Å². The van der Waals surface area contributed by atoms with Crippen molar-refractivity contribution in [1.82, 2.24) is 9.97 Å². The zero-order valence-corrected chi connectivity index (χ0v) is 19.3. The number of ether oxygens (including phenoxy) is 2. The molecule has 6 nitrogen and oxygen atoms in total. The van der Waals surface area contributed by atoms with Gasteiger partial charge in [-0.2, -0.15) is 4.98 Å². The second-order valence-electron chi connectivity index (χ2n) is 7.48. The molecule has 0 aliphatic heterocycles. The molecule has 0 saturated carbocycles. The lowest BCUT2D eigenvalue weighted by Gasteiger charge is -2.20. The third-order valence-electron chi connectivity index (χ3n) is 4.68. The fourth-order valence-electron chi connectivity index (χ4n) is 3.09. The Labute approximate surface area is 192 Å². The first-order valence-corrected chi connectivity index (χ1v) is 10.9. The largest absolute Gasteiger partial charge is 0.493 e. The van der Waals surface area contributed by atoms with Crippen LogP contribution in [0.1, 0.15) is 45.1 Å². The monoisotopic (exact) mass is 460 g/mol. The van der Waals surface area contributed by atoms with E-state index in [2.05, 4.69) is 30.7 Å². The molecule has 0 aliphatic rings. The molecule has 0 unspecified atom stereocenters. The van der Waals surface area contributed by atoms with Crippen molar-refractivity contribution < 1.29 is 9.47 Å². The molecule has 0 aliphatic carbocycles. The maximum Gasteiger partial charge on any atom is 0.222 e. The van der Waals surface area contributed by atoms with Gasteiger partial charge in [-0.05, 0) is 48.2 Å². The number of hydrogen-bond donors (Lipinski definition) is 2. The summed E-state index contributed by atoms with van der Waals surface area (Å²) in [5.41, 5.74) is 14.2. The van der Waals surface area contributed by atoms with Gasteiger partial charge in [-0.1, -0.05) is 50.4 Å². The van der Waals surface area contributed by atoms with E-state index in [4.69, 9.17) is 44.1 Å². The van der Waals surface area contributed by atoms with Gasteiger partial charge in [0.2, 0.25) is 5.95 Å². The number of aromatic nitrogens is 2. The summed E-state index contributed by atoms with van der Waals surface area (Å²) < 4.78 is 12.3. The summed E-state index contributed by atoms with van der Waals surface area (Å²) in [6, 6.07) is 9.28. The molecule has 0 atom stereocenters. The number of benzene rings is 2. The molecule has 8 heteroatoms. The van der Waals surface area contributed by atoms with E-state index < -0.39 is 0 Å². The van der Waals surface area contributed by atoms with Crippen LogP contribution in [0.4, 0.5) is 11.8 Å². The molecule has 164 valence electrons. The molecule has 0 spiro atoms. The molecule has 3 rings (SSSR count). The van der Waals surface area contributed by atoms with E-state index in [9.17, 15) is 0 Å². The lowest BCUT2D eigenvalue weighted by atomic mass is 9.96. The second kappa shape index (κ2) is 10.1. The molecule has 3 aromatic rings. The minimum Gasteiger partial charge on any atom is -0.493 e. The summed E-state index contributed by atoms with van der Waals surface area (Å²) in [5.74, 6) is 2.09. The molecular weight excluding hydrogens is 435 g/mol. The second-order valence-corrected chi connectivity index (χ2v) is 8.35. The van der Waals surface area contributed by atoms with Crippen LogP contribution in [0.25, 0.3) is 11.1 Å². The van der Waals surface area contributed by atoms with E-state index in [0.29, 0.717) is 28.2 Å². The first kappa shape index (κ1) is 23.0. The van der Waals surface area contributed by atoms with Crippen LogP contribution in [0.15, 0.2) is 36.5 Å². The molecule has 2 aromatic carbocycles. The van der Waals surface area contributed by atoms with E-state index >= 15 is 0 Å². The Morgan fingerprint density at radius 3 is 2.29 bits per heavy atom. The minimum atomic E-state index is 0.0860. The number of nitrogens with zero attached hydrogens (tertiary/aromatic N) is 2. The van der Waals surface area contributed by atoms with Gasteiger partial charge >= 0.3 is 0 Å². The molecule has 31 heavy (non-hydrogen) atoms. The SMILES string of the molecule is CCCCOc1cc(C(C)C)c(Oc2cnc(N)nc2N)cc1-c1cc(Cl)cc(Cl)c1. The highest BCUT2D eigenvalue weighted by Crippen LogP contribution is 2.42. The van der Waals surface area contributed by atoms with Crippen molar-refractivity contribution in [3.8, 4) is 28.4 Å². The molecule has 0 radical (unpaired) electrons. The molecule has 0 saturated heterocycles. The normalized spacial score (nSPS) is 11.0. The third-order valence-corrected chi connectivity index (χ3v) is 5.12. The Balaban J connectivity index is 2.14. The number of unbranched alkanes of at least 4 members (excludes halogenated alkanes) is 1. The van der Waals surface area contributed by atoms with Gasteiger partial charge in [0.15, 0.2) is 11.6 Å². The Morgan fingerprint density at radius 2 is 1.68 bits per heavy atom. The van der Waals surface area contributed by atoms with Crippen LogP contribution >= 0.6 is 23.2 Å². The standard InChI is InChI=1S/C23H26Cl2N4O2/c1-4-5-6-30-19-10-17(13(2)3)20(31-21-12-28-23(27)29-22(21)26)11-18(19)14-7-15(24)9-16(25)8-14/h7-13H,4-6H2,1-3H3,(H4,26,27,28,29). The average molecular weight is 461 g/mol. The number of rotatable bonds is 8. The fourth-order valence-corrected chi connectivity index (χ4v) is 3.62. The predicted octanol–water partition coefficient (Wildman–Crippen LogP) is 6.71. The van der Waals surface area contributed by atoms with Crippen molar-refractivity contribution in [2.75, 3.05) is 18.1 Å². The lowest BCUT2D eigenvalue weighted by Crippen LogP contribution is -2.04. The number of anilines is 2. The summed E-state index contributed by atoms with van der Waals surface area (Å²) in [4.78, 5) is 7.96. The minimum absolute atomic E-state index is 0.0860. The van der Waals surface area contributed by atoms with Gasteiger partial charge in [0.25, 0.3) is 0 Å². The molecule has 1 aromatic heterocycles. The van der Waals surface area contributed by atoms with Gasteiger partial charge in [-0.3, -0.25) is 0 Å². The number of nitrogen functional groups attached to an aromatic ring is 2. The summed E-state index contributed by atoms with van der Waals surface area (Å²) in [5, 5.41) is 1.07. The molecule has 1 heterocycles. The van der Waals surface area contributed by atoms with E-state index in [1.165, 1.54) is 6.20 Å². The number of hydrogen-bond acceptors (Lipinski definition) is 6. The van der Waals surface area contributed by atoms with Gasteiger partial charge in [-0.25, -0.2) is 4.98 Å². The Morgan fingerprint density at radius 1 is 0.968 bits per heavy atom. The zero-order valence-electron chi connectivity index (χ0n) is 17.8. The van der Waals surface area contributed by atoms with Gasteiger partial charge in [0.05, 0.1) is 12.8 Å². The molecule has 0 amide bonds. The van der Waals surface area contributed by atoms with Crippen LogP contribution in [0.3, 0.4) is 0 Å². The average Bonchev–Trinajstić information content (AvgIpc) is 2.69. The molecule has 4 N–H and O–H groups in total. The summed E-state index contributed by atoms with van der Waals surface area (Å²) in [7, 11) is 0. The molecular formula is C23H26Cl2N4O2. The van der Waals surface area contributed by atoms with Crippen LogP contribution in [0.5, 0.6) is 17.2 Å². The molecule has 0 bridgehead atoms. The first-order valence-electron chi connectivity index (χ1n) is 10.1. The van der Waals surface area contributed by atoms with E-state index in [-0.39, 0.29) is 17.7 Å². The van der Waals surface area contributed by atoms with Crippen molar-refractivity contribution in [3.63, 3.8) is 0 Å². The highest BCUT2D eigenvalue weighted by molar-refractivity contribution is 6.35. The van der Waals surface area contributed by atoms with Crippen LogP contribution < -0.4 is 20.9 Å². The van der Waals surface area contributed by atoms with Crippen molar-refractivity contribution in [2.24, 2.45) is 0 Å². The molecule has 0 fully saturated rings. The van der Waals surface area contributed by atoms with E-state index in [1.807, 2.05) is 24.3 Å². The van der Waals surface area contributed by atoms with E-state index in [0.717, 1.165) is 35.3 Å². The number of nitrogens with two attached hydrogens (primary N) is 2. The van der Waals surface area contributed by atoms with E-state index in [1.54, 1.807) is 6.07 Å². The van der Waals surface area contributed by atoms with Crippen LogP contribution in [-0.4, -0.2) is 16.6 Å².